The molecule has 2 heterocycles. The first kappa shape index (κ1) is 10.5. The van der Waals surface area contributed by atoms with Crippen molar-refractivity contribution < 1.29 is 0 Å². The second-order valence-corrected chi connectivity index (χ2v) is 4.27. The first-order valence-corrected chi connectivity index (χ1v) is 5.90. The quantitative estimate of drug-likeness (QED) is 0.860. The Hall–Kier alpha value is -0.970. The summed E-state index contributed by atoms with van der Waals surface area (Å²) in [7, 11) is 0. The summed E-state index contributed by atoms with van der Waals surface area (Å²) in [6.07, 6.45) is 5.71. The average Bonchev–Trinajstić information content (AvgIpc) is 2.63. The summed E-state index contributed by atoms with van der Waals surface area (Å²) in [4.78, 5) is 12.9. The summed E-state index contributed by atoms with van der Waals surface area (Å²) >= 11 is 3.29. The van der Waals surface area contributed by atoms with Crippen molar-refractivity contribution in [1.82, 2.24) is 19.5 Å². The van der Waals surface area contributed by atoms with Crippen LogP contribution in [0.3, 0.4) is 0 Å². The highest BCUT2D eigenvalue weighted by Gasteiger charge is 2.12. The van der Waals surface area contributed by atoms with Gasteiger partial charge in [0.25, 0.3) is 0 Å². The Balaban J connectivity index is 2.53. The molecule has 0 amide bonds. The lowest BCUT2D eigenvalue weighted by molar-refractivity contribution is 0.480. The second kappa shape index (κ2) is 4.26. The van der Waals surface area contributed by atoms with E-state index >= 15 is 0 Å². The molecular formula is C10H13BrN4. The minimum Gasteiger partial charge on any atom is -0.311 e. The summed E-state index contributed by atoms with van der Waals surface area (Å²) < 4.78 is 2.83. The van der Waals surface area contributed by atoms with E-state index in [1.54, 1.807) is 6.20 Å². The maximum absolute atomic E-state index is 4.35. The van der Waals surface area contributed by atoms with Gasteiger partial charge in [0.15, 0.2) is 11.3 Å². The molecule has 2 rings (SSSR count). The molecule has 0 aromatic carbocycles. The van der Waals surface area contributed by atoms with Crippen LogP contribution in [0, 0.1) is 0 Å². The molecule has 0 unspecified atom stereocenters. The summed E-state index contributed by atoms with van der Waals surface area (Å²) in [5, 5.41) is 0. The maximum atomic E-state index is 4.35. The number of aromatic nitrogens is 4. The summed E-state index contributed by atoms with van der Waals surface area (Å²) in [5.41, 5.74) is 1.57. The molecule has 5 heteroatoms. The SMILES string of the molecule is CCC(CC)n1cnc2nc(Br)cnc21. The van der Waals surface area contributed by atoms with Gasteiger partial charge in [0.1, 0.15) is 4.60 Å². The van der Waals surface area contributed by atoms with Gasteiger partial charge in [0.2, 0.25) is 0 Å². The second-order valence-electron chi connectivity index (χ2n) is 3.46. The van der Waals surface area contributed by atoms with E-state index in [-0.39, 0.29) is 0 Å². The van der Waals surface area contributed by atoms with Crippen molar-refractivity contribution in [3.8, 4) is 0 Å². The van der Waals surface area contributed by atoms with Crippen molar-refractivity contribution in [2.75, 3.05) is 0 Å². The lowest BCUT2D eigenvalue weighted by Gasteiger charge is -2.13. The predicted octanol–water partition coefficient (Wildman–Crippen LogP) is 2.95. The molecule has 0 saturated carbocycles. The van der Waals surface area contributed by atoms with Crippen LogP contribution in [0.25, 0.3) is 11.3 Å². The van der Waals surface area contributed by atoms with E-state index in [4.69, 9.17) is 0 Å². The van der Waals surface area contributed by atoms with Crippen LogP contribution in [0.1, 0.15) is 32.7 Å². The standard InChI is InChI=1S/C10H13BrN4/c1-3-7(4-2)15-6-13-9-10(15)12-5-8(11)14-9/h5-7H,3-4H2,1-2H3. The van der Waals surface area contributed by atoms with Crippen LogP contribution < -0.4 is 0 Å². The van der Waals surface area contributed by atoms with Crippen LogP contribution in [0.2, 0.25) is 0 Å². The zero-order chi connectivity index (χ0) is 10.8. The predicted molar refractivity (Wildman–Crippen MR) is 62.6 cm³/mol. The molecule has 4 nitrogen and oxygen atoms in total. The van der Waals surface area contributed by atoms with E-state index in [0.29, 0.717) is 11.7 Å². The van der Waals surface area contributed by atoms with Crippen LogP contribution >= 0.6 is 15.9 Å². The fourth-order valence-corrected chi connectivity index (χ4v) is 2.01. The molecule has 2 aromatic heterocycles. The molecule has 0 aliphatic rings. The third-order valence-corrected chi connectivity index (χ3v) is 2.97. The Morgan fingerprint density at radius 2 is 2.07 bits per heavy atom. The molecule has 2 aromatic rings. The number of imidazole rings is 1. The van der Waals surface area contributed by atoms with E-state index in [2.05, 4.69) is 49.3 Å². The number of hydrogen-bond acceptors (Lipinski definition) is 3. The molecule has 0 radical (unpaired) electrons. The number of hydrogen-bond donors (Lipinski definition) is 0. The van der Waals surface area contributed by atoms with Gasteiger partial charge < -0.3 is 4.57 Å². The minimum atomic E-state index is 0.463. The van der Waals surface area contributed by atoms with Crippen molar-refractivity contribution in [2.24, 2.45) is 0 Å². The van der Waals surface area contributed by atoms with Crippen molar-refractivity contribution in [3.05, 3.63) is 17.1 Å². The molecule has 0 bridgehead atoms. The molecule has 0 aliphatic carbocycles. The molecule has 15 heavy (non-hydrogen) atoms. The van der Waals surface area contributed by atoms with Gasteiger partial charge in [0.05, 0.1) is 12.5 Å². The van der Waals surface area contributed by atoms with E-state index in [1.165, 1.54) is 0 Å². The van der Waals surface area contributed by atoms with Gasteiger partial charge >= 0.3 is 0 Å². The van der Waals surface area contributed by atoms with Crippen LogP contribution in [0.4, 0.5) is 0 Å². The lowest BCUT2D eigenvalue weighted by Crippen LogP contribution is -2.06. The van der Waals surface area contributed by atoms with Crippen LogP contribution in [-0.2, 0) is 0 Å². The fraction of sp³-hybridized carbons (Fsp3) is 0.500. The zero-order valence-corrected chi connectivity index (χ0v) is 10.4. The highest BCUT2D eigenvalue weighted by atomic mass is 79.9. The highest BCUT2D eigenvalue weighted by molar-refractivity contribution is 9.10. The van der Waals surface area contributed by atoms with Crippen molar-refractivity contribution in [2.45, 2.75) is 32.7 Å². The van der Waals surface area contributed by atoms with E-state index < -0.39 is 0 Å². The Kier molecular flexibility index (Phi) is 3.00. The van der Waals surface area contributed by atoms with Gasteiger partial charge in [-0.15, -0.1) is 0 Å². The number of fused-ring (bicyclic) bond motifs is 1. The maximum Gasteiger partial charge on any atom is 0.198 e. The van der Waals surface area contributed by atoms with Crippen molar-refractivity contribution in [3.63, 3.8) is 0 Å². The molecule has 0 saturated heterocycles. The fourth-order valence-electron chi connectivity index (χ4n) is 1.74. The molecular weight excluding hydrogens is 256 g/mol. The Morgan fingerprint density at radius 1 is 1.33 bits per heavy atom. The molecule has 0 N–H and O–H groups in total. The minimum absolute atomic E-state index is 0.463. The van der Waals surface area contributed by atoms with Gasteiger partial charge in [-0.25, -0.2) is 15.0 Å². The third kappa shape index (κ3) is 1.88. The van der Waals surface area contributed by atoms with Gasteiger partial charge in [-0.1, -0.05) is 13.8 Å². The largest absolute Gasteiger partial charge is 0.311 e. The monoisotopic (exact) mass is 268 g/mol. The third-order valence-electron chi connectivity index (χ3n) is 2.59. The van der Waals surface area contributed by atoms with E-state index in [1.807, 2.05) is 6.33 Å². The molecule has 0 aliphatic heterocycles. The first-order chi connectivity index (χ1) is 7.26. The van der Waals surface area contributed by atoms with Crippen LogP contribution in [-0.4, -0.2) is 19.5 Å². The Labute approximate surface area is 96.9 Å². The first-order valence-electron chi connectivity index (χ1n) is 5.11. The Morgan fingerprint density at radius 3 is 2.73 bits per heavy atom. The van der Waals surface area contributed by atoms with Crippen LogP contribution in [0.5, 0.6) is 0 Å². The molecule has 0 fully saturated rings. The van der Waals surface area contributed by atoms with Gasteiger partial charge in [-0.05, 0) is 28.8 Å². The highest BCUT2D eigenvalue weighted by Crippen LogP contribution is 2.20. The number of nitrogens with zero attached hydrogens (tertiary/aromatic N) is 4. The topological polar surface area (TPSA) is 43.6 Å². The van der Waals surface area contributed by atoms with Gasteiger partial charge in [0, 0.05) is 6.04 Å². The number of halogens is 1. The smallest absolute Gasteiger partial charge is 0.198 e. The summed E-state index contributed by atoms with van der Waals surface area (Å²) in [6.45, 7) is 4.35. The molecule has 0 atom stereocenters. The van der Waals surface area contributed by atoms with Crippen LogP contribution in [0.15, 0.2) is 17.1 Å². The van der Waals surface area contributed by atoms with Crippen molar-refractivity contribution >= 4 is 27.2 Å². The Bertz CT molecular complexity index is 461. The summed E-state index contributed by atoms with van der Waals surface area (Å²) in [6, 6.07) is 0.463. The number of rotatable bonds is 3. The van der Waals surface area contributed by atoms with E-state index in [9.17, 15) is 0 Å². The average molecular weight is 269 g/mol. The van der Waals surface area contributed by atoms with Crippen molar-refractivity contribution in [1.29, 1.82) is 0 Å². The zero-order valence-electron chi connectivity index (χ0n) is 8.81. The van der Waals surface area contributed by atoms with Gasteiger partial charge in [-0.2, -0.15) is 0 Å². The van der Waals surface area contributed by atoms with E-state index in [0.717, 1.165) is 23.1 Å². The molecule has 80 valence electrons. The van der Waals surface area contributed by atoms with Gasteiger partial charge in [-0.3, -0.25) is 0 Å². The lowest BCUT2D eigenvalue weighted by atomic mass is 10.2. The summed E-state index contributed by atoms with van der Waals surface area (Å²) in [5.74, 6) is 0. The normalized spacial score (nSPS) is 11.5. The molecule has 0 spiro atoms.